The highest BCUT2D eigenvalue weighted by molar-refractivity contribution is 5.78. The molecular formula is C14H17N3O3. The van der Waals surface area contributed by atoms with Crippen LogP contribution in [0.3, 0.4) is 0 Å². The summed E-state index contributed by atoms with van der Waals surface area (Å²) in [6, 6.07) is 2.04. The average molecular weight is 275 g/mol. The van der Waals surface area contributed by atoms with Crippen molar-refractivity contribution in [1.29, 1.82) is 0 Å². The molecule has 1 aliphatic carbocycles. The second-order valence-corrected chi connectivity index (χ2v) is 5.11. The van der Waals surface area contributed by atoms with Crippen LogP contribution in [0.25, 0.3) is 11.5 Å². The van der Waals surface area contributed by atoms with E-state index in [4.69, 9.17) is 8.94 Å². The summed E-state index contributed by atoms with van der Waals surface area (Å²) in [5.74, 6) is 0.727. The SMILES string of the molecule is O=C(Cc1noc(-c2ccoc2)n1)NC1CCCCC1. The molecule has 0 spiro atoms. The second-order valence-electron chi connectivity index (χ2n) is 5.11. The first-order chi connectivity index (χ1) is 9.81. The molecule has 20 heavy (non-hydrogen) atoms. The lowest BCUT2D eigenvalue weighted by Gasteiger charge is -2.22. The molecule has 1 saturated carbocycles. The Hall–Kier alpha value is -2.11. The summed E-state index contributed by atoms with van der Waals surface area (Å²) in [7, 11) is 0. The van der Waals surface area contributed by atoms with E-state index >= 15 is 0 Å². The lowest BCUT2D eigenvalue weighted by molar-refractivity contribution is -0.121. The molecule has 0 bridgehead atoms. The van der Waals surface area contributed by atoms with Gasteiger partial charge in [0.25, 0.3) is 5.89 Å². The van der Waals surface area contributed by atoms with Gasteiger partial charge in [-0.3, -0.25) is 4.79 Å². The fourth-order valence-electron chi connectivity index (χ4n) is 2.50. The zero-order valence-corrected chi connectivity index (χ0v) is 11.2. The predicted molar refractivity (Wildman–Crippen MR) is 70.7 cm³/mol. The van der Waals surface area contributed by atoms with Gasteiger partial charge in [0.05, 0.1) is 18.2 Å². The molecule has 0 atom stereocenters. The lowest BCUT2D eigenvalue weighted by Crippen LogP contribution is -2.37. The second kappa shape index (κ2) is 5.90. The molecule has 6 heteroatoms. The molecular weight excluding hydrogens is 258 g/mol. The van der Waals surface area contributed by atoms with Gasteiger partial charge in [0, 0.05) is 6.04 Å². The number of furan rings is 1. The van der Waals surface area contributed by atoms with E-state index in [2.05, 4.69) is 15.5 Å². The van der Waals surface area contributed by atoms with Crippen LogP contribution in [-0.4, -0.2) is 22.1 Å². The van der Waals surface area contributed by atoms with Crippen LogP contribution in [0.4, 0.5) is 0 Å². The van der Waals surface area contributed by atoms with Gasteiger partial charge < -0.3 is 14.3 Å². The van der Waals surface area contributed by atoms with Crippen LogP contribution in [0.1, 0.15) is 37.9 Å². The molecule has 1 aliphatic rings. The third kappa shape index (κ3) is 3.07. The van der Waals surface area contributed by atoms with Gasteiger partial charge in [0.15, 0.2) is 5.82 Å². The van der Waals surface area contributed by atoms with Crippen molar-refractivity contribution in [2.24, 2.45) is 0 Å². The van der Waals surface area contributed by atoms with Crippen molar-refractivity contribution in [3.05, 3.63) is 24.4 Å². The molecule has 0 unspecified atom stereocenters. The fourth-order valence-corrected chi connectivity index (χ4v) is 2.50. The van der Waals surface area contributed by atoms with E-state index in [0.717, 1.165) is 18.4 Å². The van der Waals surface area contributed by atoms with E-state index in [9.17, 15) is 4.79 Å². The quantitative estimate of drug-likeness (QED) is 0.926. The molecule has 2 heterocycles. The summed E-state index contributed by atoms with van der Waals surface area (Å²) in [5, 5.41) is 6.85. The molecule has 0 radical (unpaired) electrons. The van der Waals surface area contributed by atoms with Crippen LogP contribution in [0.2, 0.25) is 0 Å². The lowest BCUT2D eigenvalue weighted by atomic mass is 9.95. The van der Waals surface area contributed by atoms with E-state index < -0.39 is 0 Å². The number of carbonyl (C=O) groups is 1. The number of hydrogen-bond acceptors (Lipinski definition) is 5. The van der Waals surface area contributed by atoms with E-state index in [1.165, 1.54) is 31.8 Å². The first kappa shape index (κ1) is 12.9. The normalized spacial score (nSPS) is 16.2. The average Bonchev–Trinajstić information content (AvgIpc) is 3.10. The van der Waals surface area contributed by atoms with Gasteiger partial charge >= 0.3 is 0 Å². The Bertz CT molecular complexity index is 556. The van der Waals surface area contributed by atoms with Gasteiger partial charge in [-0.2, -0.15) is 4.98 Å². The zero-order chi connectivity index (χ0) is 13.8. The standard InChI is InChI=1S/C14H17N3O3/c18-13(15-11-4-2-1-3-5-11)8-12-16-14(20-17-12)10-6-7-19-9-10/h6-7,9,11H,1-5,8H2,(H,15,18). The molecule has 6 nitrogen and oxygen atoms in total. The number of nitrogens with one attached hydrogen (secondary N) is 1. The number of nitrogens with zero attached hydrogens (tertiary/aromatic N) is 2. The zero-order valence-electron chi connectivity index (χ0n) is 11.2. The topological polar surface area (TPSA) is 81.2 Å². The summed E-state index contributed by atoms with van der Waals surface area (Å²) in [5.41, 5.74) is 0.719. The Labute approximate surface area is 116 Å². The molecule has 2 aromatic rings. The van der Waals surface area contributed by atoms with Crippen LogP contribution in [0, 0.1) is 0 Å². The van der Waals surface area contributed by atoms with Gasteiger partial charge in [0.2, 0.25) is 5.91 Å². The van der Waals surface area contributed by atoms with Crippen LogP contribution in [0.5, 0.6) is 0 Å². The Balaban J connectivity index is 1.56. The first-order valence-corrected chi connectivity index (χ1v) is 6.96. The molecule has 0 aliphatic heterocycles. The fraction of sp³-hybridized carbons (Fsp3) is 0.500. The number of amides is 1. The summed E-state index contributed by atoms with van der Waals surface area (Å²) in [4.78, 5) is 16.1. The van der Waals surface area contributed by atoms with Crippen LogP contribution < -0.4 is 5.32 Å². The highest BCUT2D eigenvalue weighted by atomic mass is 16.5. The number of carbonyl (C=O) groups excluding carboxylic acids is 1. The Morgan fingerprint density at radius 2 is 2.20 bits per heavy atom. The Morgan fingerprint density at radius 1 is 1.35 bits per heavy atom. The number of aromatic nitrogens is 2. The molecule has 0 saturated heterocycles. The largest absolute Gasteiger partial charge is 0.472 e. The van der Waals surface area contributed by atoms with Crippen LogP contribution >= 0.6 is 0 Å². The van der Waals surface area contributed by atoms with Gasteiger partial charge in [-0.1, -0.05) is 24.4 Å². The third-order valence-electron chi connectivity index (χ3n) is 3.53. The minimum absolute atomic E-state index is 0.0450. The summed E-state index contributed by atoms with van der Waals surface area (Å²) >= 11 is 0. The maximum absolute atomic E-state index is 11.9. The molecule has 0 aromatic carbocycles. The van der Waals surface area contributed by atoms with E-state index in [0.29, 0.717) is 17.8 Å². The Morgan fingerprint density at radius 3 is 2.95 bits per heavy atom. The highest BCUT2D eigenvalue weighted by Gasteiger charge is 2.18. The van der Waals surface area contributed by atoms with E-state index in [1.807, 2.05) is 0 Å². The van der Waals surface area contributed by atoms with Crippen molar-refractivity contribution in [2.45, 2.75) is 44.6 Å². The minimum atomic E-state index is -0.0450. The third-order valence-corrected chi connectivity index (χ3v) is 3.53. The first-order valence-electron chi connectivity index (χ1n) is 6.96. The molecule has 1 N–H and O–H groups in total. The smallest absolute Gasteiger partial charge is 0.261 e. The van der Waals surface area contributed by atoms with Crippen molar-refractivity contribution < 1.29 is 13.7 Å². The molecule has 106 valence electrons. The van der Waals surface area contributed by atoms with Gasteiger partial charge in [-0.15, -0.1) is 0 Å². The van der Waals surface area contributed by atoms with Crippen LogP contribution in [0.15, 0.2) is 27.5 Å². The van der Waals surface area contributed by atoms with E-state index in [-0.39, 0.29) is 12.3 Å². The minimum Gasteiger partial charge on any atom is -0.472 e. The van der Waals surface area contributed by atoms with Gasteiger partial charge in [0.1, 0.15) is 6.26 Å². The summed E-state index contributed by atoms with van der Waals surface area (Å²) in [6.45, 7) is 0. The van der Waals surface area contributed by atoms with Crippen molar-refractivity contribution in [3.63, 3.8) is 0 Å². The molecule has 2 aromatic heterocycles. The van der Waals surface area contributed by atoms with Crippen LogP contribution in [-0.2, 0) is 11.2 Å². The highest BCUT2D eigenvalue weighted by Crippen LogP contribution is 2.18. The van der Waals surface area contributed by atoms with Gasteiger partial charge in [-0.25, -0.2) is 0 Å². The predicted octanol–water partition coefficient (Wildman–Crippen LogP) is 2.32. The van der Waals surface area contributed by atoms with E-state index in [1.54, 1.807) is 6.07 Å². The van der Waals surface area contributed by atoms with Crippen molar-refractivity contribution in [2.75, 3.05) is 0 Å². The Kier molecular flexibility index (Phi) is 3.80. The van der Waals surface area contributed by atoms with Gasteiger partial charge in [-0.05, 0) is 18.9 Å². The monoisotopic (exact) mass is 275 g/mol. The summed E-state index contributed by atoms with van der Waals surface area (Å²) in [6.07, 6.45) is 9.00. The maximum atomic E-state index is 11.9. The number of hydrogen-bond donors (Lipinski definition) is 1. The molecule has 1 amide bonds. The molecule has 3 rings (SSSR count). The van der Waals surface area contributed by atoms with Crippen molar-refractivity contribution in [1.82, 2.24) is 15.5 Å². The molecule has 1 fully saturated rings. The summed E-state index contributed by atoms with van der Waals surface area (Å²) < 4.78 is 10.1. The van der Waals surface area contributed by atoms with Crippen molar-refractivity contribution >= 4 is 5.91 Å². The van der Waals surface area contributed by atoms with Crippen molar-refractivity contribution in [3.8, 4) is 11.5 Å². The maximum Gasteiger partial charge on any atom is 0.261 e. The number of rotatable bonds is 4.